The van der Waals surface area contributed by atoms with Gasteiger partial charge >= 0.3 is 5.97 Å². The largest absolute Gasteiger partial charge is 0.469 e. The number of piperidine rings is 1. The zero-order valence-corrected chi connectivity index (χ0v) is 11.4. The van der Waals surface area contributed by atoms with Gasteiger partial charge in [0.25, 0.3) is 0 Å². The molecule has 6 heteroatoms. The molecule has 1 atom stereocenters. The molecule has 0 aromatic rings. The summed E-state index contributed by atoms with van der Waals surface area (Å²) in [6.45, 7) is 2.99. The molecule has 0 aromatic carbocycles. The highest BCUT2D eigenvalue weighted by Crippen LogP contribution is 2.19. The molecule has 1 N–H and O–H groups in total. The molecule has 0 bridgehead atoms. The van der Waals surface area contributed by atoms with E-state index in [0.717, 1.165) is 13.0 Å². The predicted molar refractivity (Wildman–Crippen MR) is 68.4 cm³/mol. The molecule has 2 aliphatic heterocycles. The Hall–Kier alpha value is -1.14. The number of amides is 1. The number of β-amino-alcohol motifs (C(OH)–C–C–N with tert-alkyl or cyclic N) is 1. The van der Waals surface area contributed by atoms with Gasteiger partial charge in [-0.25, -0.2) is 0 Å². The minimum atomic E-state index is -0.294. The molecule has 2 aliphatic rings. The molecule has 2 heterocycles. The lowest BCUT2D eigenvalue weighted by atomic mass is 9.97. The summed E-state index contributed by atoms with van der Waals surface area (Å²) in [5.74, 6) is -0.144. The third-order valence-corrected chi connectivity index (χ3v) is 3.99. The standard InChI is InChI=1S/C13H22N2O4/c1-19-13(18)10-2-6-15(7-3-10)12(17)9-14-5-4-11(16)8-14/h10-11,16H,2-9H2,1H3/t11-/m0/s1. The van der Waals surface area contributed by atoms with E-state index in [9.17, 15) is 14.7 Å². The number of aliphatic hydroxyl groups is 1. The molecule has 2 saturated heterocycles. The monoisotopic (exact) mass is 270 g/mol. The van der Waals surface area contributed by atoms with Crippen molar-refractivity contribution in [1.82, 2.24) is 9.80 Å². The fraction of sp³-hybridized carbons (Fsp3) is 0.846. The molecule has 0 saturated carbocycles. The van der Waals surface area contributed by atoms with E-state index in [2.05, 4.69) is 0 Å². The smallest absolute Gasteiger partial charge is 0.308 e. The maximum absolute atomic E-state index is 12.1. The lowest BCUT2D eigenvalue weighted by molar-refractivity contribution is -0.149. The first-order valence-electron chi connectivity index (χ1n) is 6.86. The summed E-state index contributed by atoms with van der Waals surface area (Å²) >= 11 is 0. The third kappa shape index (κ3) is 3.67. The minimum absolute atomic E-state index is 0.0670. The zero-order valence-electron chi connectivity index (χ0n) is 11.4. The van der Waals surface area contributed by atoms with Crippen LogP contribution in [-0.2, 0) is 14.3 Å². The van der Waals surface area contributed by atoms with Crippen molar-refractivity contribution in [2.24, 2.45) is 5.92 Å². The van der Waals surface area contributed by atoms with Crippen LogP contribution in [-0.4, -0.2) is 72.7 Å². The molecule has 0 unspecified atom stereocenters. The Balaban J connectivity index is 1.75. The van der Waals surface area contributed by atoms with Gasteiger partial charge in [0.1, 0.15) is 0 Å². The van der Waals surface area contributed by atoms with E-state index < -0.39 is 0 Å². The van der Waals surface area contributed by atoms with Gasteiger partial charge < -0.3 is 14.7 Å². The van der Waals surface area contributed by atoms with E-state index >= 15 is 0 Å². The van der Waals surface area contributed by atoms with E-state index in [1.807, 2.05) is 9.80 Å². The minimum Gasteiger partial charge on any atom is -0.469 e. The Bertz CT molecular complexity index is 340. The van der Waals surface area contributed by atoms with Crippen molar-refractivity contribution in [2.75, 3.05) is 39.8 Å². The molecule has 2 rings (SSSR count). The highest BCUT2D eigenvalue weighted by atomic mass is 16.5. The van der Waals surface area contributed by atoms with Crippen molar-refractivity contribution in [3.8, 4) is 0 Å². The molecule has 1 amide bonds. The maximum atomic E-state index is 12.1. The van der Waals surface area contributed by atoms with Crippen LogP contribution in [0.3, 0.4) is 0 Å². The first-order chi connectivity index (χ1) is 9.10. The highest BCUT2D eigenvalue weighted by Gasteiger charge is 2.29. The second-order valence-corrected chi connectivity index (χ2v) is 5.36. The van der Waals surface area contributed by atoms with Gasteiger partial charge in [0.05, 0.1) is 25.7 Å². The van der Waals surface area contributed by atoms with Crippen LogP contribution in [0.4, 0.5) is 0 Å². The number of carbonyl (C=O) groups is 2. The Kier molecular flexibility index (Phi) is 4.76. The van der Waals surface area contributed by atoms with Crippen LogP contribution < -0.4 is 0 Å². The van der Waals surface area contributed by atoms with E-state index in [0.29, 0.717) is 39.0 Å². The van der Waals surface area contributed by atoms with Gasteiger partial charge in [-0.3, -0.25) is 14.5 Å². The summed E-state index contributed by atoms with van der Waals surface area (Å²) < 4.78 is 4.73. The maximum Gasteiger partial charge on any atom is 0.308 e. The SMILES string of the molecule is COC(=O)C1CCN(C(=O)CN2CC[C@H](O)C2)CC1. The Morgan fingerprint density at radius 1 is 1.21 bits per heavy atom. The van der Waals surface area contributed by atoms with Crippen LogP contribution >= 0.6 is 0 Å². The molecule has 6 nitrogen and oxygen atoms in total. The zero-order chi connectivity index (χ0) is 13.8. The van der Waals surface area contributed by atoms with Crippen LogP contribution in [0.5, 0.6) is 0 Å². The number of esters is 1. The third-order valence-electron chi connectivity index (χ3n) is 3.99. The Morgan fingerprint density at radius 2 is 1.89 bits per heavy atom. The molecule has 0 aromatic heterocycles. The lowest BCUT2D eigenvalue weighted by Gasteiger charge is -2.31. The second kappa shape index (κ2) is 6.34. The van der Waals surface area contributed by atoms with Crippen molar-refractivity contribution in [1.29, 1.82) is 0 Å². The van der Waals surface area contributed by atoms with Crippen molar-refractivity contribution >= 4 is 11.9 Å². The molecule has 0 aliphatic carbocycles. The topological polar surface area (TPSA) is 70.1 Å². The van der Waals surface area contributed by atoms with E-state index in [1.54, 1.807) is 0 Å². The summed E-state index contributed by atoms with van der Waals surface area (Å²) in [6.07, 6.45) is 1.82. The van der Waals surface area contributed by atoms with E-state index in [1.165, 1.54) is 7.11 Å². The molecule has 0 spiro atoms. The first-order valence-corrected chi connectivity index (χ1v) is 6.86. The number of carbonyl (C=O) groups excluding carboxylic acids is 2. The molecule has 19 heavy (non-hydrogen) atoms. The van der Waals surface area contributed by atoms with Gasteiger partial charge in [-0.15, -0.1) is 0 Å². The molecule has 0 radical (unpaired) electrons. The summed E-state index contributed by atoms with van der Waals surface area (Å²) in [5.41, 5.74) is 0. The van der Waals surface area contributed by atoms with Crippen molar-refractivity contribution in [2.45, 2.75) is 25.4 Å². The van der Waals surface area contributed by atoms with Crippen LogP contribution in [0.25, 0.3) is 0 Å². The van der Waals surface area contributed by atoms with Gasteiger partial charge in [0.2, 0.25) is 5.91 Å². The van der Waals surface area contributed by atoms with Gasteiger partial charge in [-0.1, -0.05) is 0 Å². The number of ether oxygens (including phenoxy) is 1. The van der Waals surface area contributed by atoms with Crippen molar-refractivity contribution in [3.05, 3.63) is 0 Å². The predicted octanol–water partition coefficient (Wildman–Crippen LogP) is -0.535. The number of aliphatic hydroxyl groups excluding tert-OH is 1. The number of likely N-dealkylation sites (tertiary alicyclic amines) is 2. The normalized spacial score (nSPS) is 25.6. The molecule has 108 valence electrons. The summed E-state index contributed by atoms with van der Waals surface area (Å²) in [5, 5.41) is 9.43. The quantitative estimate of drug-likeness (QED) is 0.698. The fourth-order valence-electron chi connectivity index (χ4n) is 2.78. The lowest BCUT2D eigenvalue weighted by Crippen LogP contribution is -2.45. The van der Waals surface area contributed by atoms with Gasteiger partial charge in [-0.2, -0.15) is 0 Å². The number of nitrogens with zero attached hydrogens (tertiary/aromatic N) is 2. The summed E-state index contributed by atoms with van der Waals surface area (Å²) in [7, 11) is 1.40. The highest BCUT2D eigenvalue weighted by molar-refractivity contribution is 5.79. The summed E-state index contributed by atoms with van der Waals surface area (Å²) in [6, 6.07) is 0. The van der Waals surface area contributed by atoms with Crippen LogP contribution in [0.15, 0.2) is 0 Å². The van der Waals surface area contributed by atoms with Gasteiger partial charge in [0.15, 0.2) is 0 Å². The number of methoxy groups -OCH3 is 1. The Labute approximate surface area is 113 Å². The summed E-state index contributed by atoms with van der Waals surface area (Å²) in [4.78, 5) is 27.3. The fourth-order valence-corrected chi connectivity index (χ4v) is 2.78. The number of hydrogen-bond acceptors (Lipinski definition) is 5. The first kappa shape index (κ1) is 14.3. The number of rotatable bonds is 3. The van der Waals surface area contributed by atoms with Crippen LogP contribution in [0.1, 0.15) is 19.3 Å². The van der Waals surface area contributed by atoms with E-state index in [4.69, 9.17) is 4.74 Å². The second-order valence-electron chi connectivity index (χ2n) is 5.36. The molecule has 2 fully saturated rings. The van der Waals surface area contributed by atoms with Crippen LogP contribution in [0.2, 0.25) is 0 Å². The van der Waals surface area contributed by atoms with Crippen molar-refractivity contribution in [3.63, 3.8) is 0 Å². The average molecular weight is 270 g/mol. The van der Waals surface area contributed by atoms with E-state index in [-0.39, 0.29) is 23.9 Å². The van der Waals surface area contributed by atoms with Crippen molar-refractivity contribution < 1.29 is 19.4 Å². The van der Waals surface area contributed by atoms with Gasteiger partial charge in [0, 0.05) is 26.2 Å². The number of hydrogen-bond donors (Lipinski definition) is 1. The Morgan fingerprint density at radius 3 is 2.42 bits per heavy atom. The average Bonchev–Trinajstić information content (AvgIpc) is 2.83. The molecular formula is C13H22N2O4. The van der Waals surface area contributed by atoms with Gasteiger partial charge in [-0.05, 0) is 19.3 Å². The van der Waals surface area contributed by atoms with Crippen LogP contribution in [0, 0.1) is 5.92 Å². The molecular weight excluding hydrogens is 248 g/mol.